The maximum absolute atomic E-state index is 11.0. The van der Waals surface area contributed by atoms with Crippen molar-refractivity contribution in [2.24, 2.45) is 0 Å². The van der Waals surface area contributed by atoms with E-state index in [0.29, 0.717) is 0 Å². The normalized spacial score (nSPS) is 9.92. The summed E-state index contributed by atoms with van der Waals surface area (Å²) < 4.78 is 4.68. The summed E-state index contributed by atoms with van der Waals surface area (Å²) in [7, 11) is 1.26. The number of aliphatic hydroxyl groups excluding tert-OH is 1. The predicted molar refractivity (Wildman–Crippen MR) is 44.4 cm³/mol. The van der Waals surface area contributed by atoms with Crippen LogP contribution in [0.15, 0.2) is 0 Å². The van der Waals surface area contributed by atoms with Crippen molar-refractivity contribution in [1.29, 1.82) is 0 Å². The number of aliphatic hydroxyl groups is 1. The van der Waals surface area contributed by atoms with Crippen LogP contribution in [0.25, 0.3) is 0 Å². The second-order valence-electron chi connectivity index (χ2n) is 1.89. The van der Waals surface area contributed by atoms with Crippen LogP contribution in [0.3, 0.4) is 0 Å². The van der Waals surface area contributed by atoms with E-state index in [1.165, 1.54) is 7.11 Å². The van der Waals surface area contributed by atoms with Crippen LogP contribution >= 0.6 is 22.9 Å². The molecule has 0 atom stereocenters. The monoisotopic (exact) mass is 207 g/mol. The number of nitrogens with zero attached hydrogens (tertiary/aromatic N) is 1. The van der Waals surface area contributed by atoms with Crippen molar-refractivity contribution in [3.8, 4) is 0 Å². The number of rotatable bonds is 2. The van der Waals surface area contributed by atoms with Crippen molar-refractivity contribution in [2.45, 2.75) is 6.61 Å². The molecule has 0 amide bonds. The first kappa shape index (κ1) is 9.44. The number of methoxy groups -OCH3 is 1. The third kappa shape index (κ3) is 1.74. The molecule has 66 valence electrons. The maximum Gasteiger partial charge on any atom is 0.350 e. The Hall–Kier alpha value is -0.650. The number of thiazole rings is 1. The summed E-state index contributed by atoms with van der Waals surface area (Å²) in [5.41, 5.74) is 0.261. The minimum absolute atomic E-state index is 0.222. The van der Waals surface area contributed by atoms with E-state index in [2.05, 4.69) is 9.72 Å². The molecule has 12 heavy (non-hydrogen) atoms. The van der Waals surface area contributed by atoms with Crippen LogP contribution in [0.2, 0.25) is 4.47 Å². The fraction of sp³-hybridized carbons (Fsp3) is 0.333. The number of halogens is 1. The first-order valence-corrected chi connectivity index (χ1v) is 4.23. The molecule has 1 aromatic heterocycles. The van der Waals surface area contributed by atoms with Crippen molar-refractivity contribution in [1.82, 2.24) is 4.98 Å². The number of carbonyl (C=O) groups excluding carboxylic acids is 1. The molecule has 0 aliphatic rings. The minimum atomic E-state index is -0.525. The molecule has 0 unspecified atom stereocenters. The third-order valence-corrected chi connectivity index (χ3v) is 2.37. The van der Waals surface area contributed by atoms with E-state index in [0.717, 1.165) is 11.3 Å². The summed E-state index contributed by atoms with van der Waals surface area (Å²) in [6.07, 6.45) is 0. The SMILES string of the molecule is COC(=O)c1sc(Cl)nc1CO. The van der Waals surface area contributed by atoms with E-state index in [1.807, 2.05) is 0 Å². The molecule has 0 bridgehead atoms. The Kier molecular flexibility index (Phi) is 3.02. The van der Waals surface area contributed by atoms with E-state index >= 15 is 0 Å². The molecule has 1 rings (SSSR count). The molecule has 0 fully saturated rings. The van der Waals surface area contributed by atoms with Gasteiger partial charge in [0.05, 0.1) is 19.4 Å². The third-order valence-electron chi connectivity index (χ3n) is 1.19. The van der Waals surface area contributed by atoms with Gasteiger partial charge in [-0.05, 0) is 0 Å². The second kappa shape index (κ2) is 3.84. The number of hydrogen-bond donors (Lipinski definition) is 1. The first-order valence-electron chi connectivity index (χ1n) is 3.03. The number of esters is 1. The van der Waals surface area contributed by atoms with Gasteiger partial charge in [0.1, 0.15) is 4.88 Å². The average Bonchev–Trinajstić information content (AvgIpc) is 2.45. The predicted octanol–water partition coefficient (Wildman–Crippen LogP) is 1.08. The van der Waals surface area contributed by atoms with E-state index in [9.17, 15) is 4.79 Å². The Morgan fingerprint density at radius 1 is 1.83 bits per heavy atom. The Bertz CT molecular complexity index is 299. The lowest BCUT2D eigenvalue weighted by Crippen LogP contribution is -2.02. The van der Waals surface area contributed by atoms with E-state index in [4.69, 9.17) is 16.7 Å². The molecule has 6 heteroatoms. The lowest BCUT2D eigenvalue weighted by Gasteiger charge is -1.95. The van der Waals surface area contributed by atoms with Crippen LogP contribution in [-0.4, -0.2) is 23.2 Å². The van der Waals surface area contributed by atoms with Crippen LogP contribution in [0, 0.1) is 0 Å². The fourth-order valence-corrected chi connectivity index (χ4v) is 1.73. The summed E-state index contributed by atoms with van der Waals surface area (Å²) in [6.45, 7) is -0.312. The highest BCUT2D eigenvalue weighted by Gasteiger charge is 2.16. The molecule has 0 spiro atoms. The number of carbonyl (C=O) groups is 1. The van der Waals surface area contributed by atoms with E-state index in [-0.39, 0.29) is 21.6 Å². The van der Waals surface area contributed by atoms with E-state index < -0.39 is 5.97 Å². The summed E-state index contributed by atoms with van der Waals surface area (Å²) in [5.74, 6) is -0.525. The zero-order valence-electron chi connectivity index (χ0n) is 6.20. The van der Waals surface area contributed by atoms with Gasteiger partial charge in [-0.3, -0.25) is 0 Å². The zero-order chi connectivity index (χ0) is 9.14. The van der Waals surface area contributed by atoms with Gasteiger partial charge in [0.15, 0.2) is 4.47 Å². The van der Waals surface area contributed by atoms with Gasteiger partial charge in [-0.25, -0.2) is 9.78 Å². The highest BCUT2D eigenvalue weighted by molar-refractivity contribution is 7.17. The smallest absolute Gasteiger partial charge is 0.350 e. The Morgan fingerprint density at radius 2 is 2.50 bits per heavy atom. The molecule has 1 aromatic rings. The van der Waals surface area contributed by atoms with E-state index in [1.54, 1.807) is 0 Å². The van der Waals surface area contributed by atoms with Gasteiger partial charge in [-0.2, -0.15) is 0 Å². The van der Waals surface area contributed by atoms with Gasteiger partial charge in [0.25, 0.3) is 0 Å². The molecule has 4 nitrogen and oxygen atoms in total. The molecule has 1 N–H and O–H groups in total. The summed E-state index contributed by atoms with van der Waals surface area (Å²) in [6, 6.07) is 0. The number of aromatic nitrogens is 1. The Morgan fingerprint density at radius 3 is 3.00 bits per heavy atom. The second-order valence-corrected chi connectivity index (χ2v) is 3.47. The average molecular weight is 208 g/mol. The molecule has 0 saturated carbocycles. The van der Waals surface area contributed by atoms with Crippen LogP contribution in [0.4, 0.5) is 0 Å². The summed E-state index contributed by atoms with van der Waals surface area (Å²) in [4.78, 5) is 15.0. The lowest BCUT2D eigenvalue weighted by molar-refractivity contribution is 0.0602. The molecule has 1 heterocycles. The number of ether oxygens (including phenoxy) is 1. The summed E-state index contributed by atoms with van der Waals surface area (Å²) in [5, 5.41) is 8.75. The lowest BCUT2D eigenvalue weighted by atomic mass is 10.4. The van der Waals surface area contributed by atoms with Crippen molar-refractivity contribution in [3.63, 3.8) is 0 Å². The van der Waals surface area contributed by atoms with Gasteiger partial charge in [-0.15, -0.1) is 0 Å². The minimum Gasteiger partial charge on any atom is -0.465 e. The number of hydrogen-bond acceptors (Lipinski definition) is 5. The molecule has 0 aromatic carbocycles. The largest absolute Gasteiger partial charge is 0.465 e. The topological polar surface area (TPSA) is 59.4 Å². The highest BCUT2D eigenvalue weighted by atomic mass is 35.5. The molecule has 0 aliphatic carbocycles. The quantitative estimate of drug-likeness (QED) is 0.738. The maximum atomic E-state index is 11.0. The van der Waals surface area contributed by atoms with Gasteiger partial charge >= 0.3 is 5.97 Å². The van der Waals surface area contributed by atoms with Crippen LogP contribution in [0.1, 0.15) is 15.4 Å². The highest BCUT2D eigenvalue weighted by Crippen LogP contribution is 2.23. The van der Waals surface area contributed by atoms with Gasteiger partial charge < -0.3 is 9.84 Å². The van der Waals surface area contributed by atoms with Crippen molar-refractivity contribution >= 4 is 28.9 Å². The van der Waals surface area contributed by atoms with Crippen molar-refractivity contribution in [3.05, 3.63) is 15.0 Å². The molecular formula is C6H6ClNO3S. The van der Waals surface area contributed by atoms with Gasteiger partial charge in [0, 0.05) is 0 Å². The van der Waals surface area contributed by atoms with Gasteiger partial charge in [0.2, 0.25) is 0 Å². The molecule has 0 aliphatic heterocycles. The van der Waals surface area contributed by atoms with Gasteiger partial charge in [-0.1, -0.05) is 22.9 Å². The fourth-order valence-electron chi connectivity index (χ4n) is 0.682. The van der Waals surface area contributed by atoms with Crippen molar-refractivity contribution < 1.29 is 14.6 Å². The molecule has 0 radical (unpaired) electrons. The molecule has 0 saturated heterocycles. The summed E-state index contributed by atoms with van der Waals surface area (Å²) >= 11 is 6.53. The van der Waals surface area contributed by atoms with Crippen LogP contribution in [-0.2, 0) is 11.3 Å². The van der Waals surface area contributed by atoms with Crippen LogP contribution in [0.5, 0.6) is 0 Å². The Labute approximate surface area is 77.8 Å². The zero-order valence-corrected chi connectivity index (χ0v) is 7.78. The first-order chi connectivity index (χ1) is 5.69. The van der Waals surface area contributed by atoms with Crippen molar-refractivity contribution in [2.75, 3.05) is 7.11 Å². The molecular weight excluding hydrogens is 202 g/mol. The van der Waals surface area contributed by atoms with Crippen LogP contribution < -0.4 is 0 Å². The Balaban J connectivity index is 3.04. The standard InChI is InChI=1S/C6H6ClNO3S/c1-11-5(10)4-3(2-9)8-6(7)12-4/h9H,2H2,1H3.